The average Bonchev–Trinajstić information content (AvgIpc) is 2.89. The van der Waals surface area contributed by atoms with Crippen molar-refractivity contribution in [3.63, 3.8) is 0 Å². The number of aromatic amines is 1. The van der Waals surface area contributed by atoms with Crippen molar-refractivity contribution < 1.29 is 0 Å². The number of rotatable bonds is 3. The molecule has 1 N–H and O–H groups in total. The number of anilines is 2. The van der Waals surface area contributed by atoms with Crippen molar-refractivity contribution in [2.24, 2.45) is 0 Å². The number of aryl methyl sites for hydroxylation is 1. The number of nitrogens with zero attached hydrogens (tertiary/aromatic N) is 4. The van der Waals surface area contributed by atoms with Crippen LogP contribution in [0.5, 0.6) is 0 Å². The molecule has 0 spiro atoms. The van der Waals surface area contributed by atoms with Gasteiger partial charge in [0, 0.05) is 12.2 Å². The lowest BCUT2D eigenvalue weighted by Gasteiger charge is -2.22. The Hall–Kier alpha value is -2.43. The number of nitrogens with one attached hydrogen (secondary N) is 1. The van der Waals surface area contributed by atoms with Crippen LogP contribution < -0.4 is 4.90 Å². The molecule has 0 fully saturated rings. The Morgan fingerprint density at radius 2 is 2.16 bits per heavy atom. The molecule has 2 aromatic heterocycles. The van der Waals surface area contributed by atoms with E-state index in [9.17, 15) is 0 Å². The highest BCUT2D eigenvalue weighted by Crippen LogP contribution is 2.28. The normalized spacial score (nSPS) is 10.8. The van der Waals surface area contributed by atoms with Crippen molar-refractivity contribution in [1.29, 1.82) is 0 Å². The molecular formula is C14H15N5. The first-order valence-corrected chi connectivity index (χ1v) is 6.28. The van der Waals surface area contributed by atoms with E-state index in [0.29, 0.717) is 0 Å². The van der Waals surface area contributed by atoms with Gasteiger partial charge in [-0.25, -0.2) is 9.97 Å². The monoisotopic (exact) mass is 253 g/mol. The van der Waals surface area contributed by atoms with Crippen LogP contribution in [0.1, 0.15) is 12.5 Å². The van der Waals surface area contributed by atoms with Crippen LogP contribution in [-0.2, 0) is 0 Å². The molecule has 1 aromatic carbocycles. The maximum Gasteiger partial charge on any atom is 0.160 e. The van der Waals surface area contributed by atoms with Gasteiger partial charge in [0.15, 0.2) is 5.65 Å². The zero-order valence-electron chi connectivity index (χ0n) is 11.0. The van der Waals surface area contributed by atoms with Gasteiger partial charge in [-0.1, -0.05) is 12.1 Å². The maximum atomic E-state index is 4.41. The van der Waals surface area contributed by atoms with Gasteiger partial charge >= 0.3 is 0 Å². The summed E-state index contributed by atoms with van der Waals surface area (Å²) in [6.45, 7) is 5.03. The summed E-state index contributed by atoms with van der Waals surface area (Å²) >= 11 is 0. The molecule has 0 atom stereocenters. The van der Waals surface area contributed by atoms with E-state index in [2.05, 4.69) is 63.2 Å². The van der Waals surface area contributed by atoms with Crippen LogP contribution in [0, 0.1) is 6.92 Å². The molecule has 0 aliphatic heterocycles. The Kier molecular flexibility index (Phi) is 2.87. The second kappa shape index (κ2) is 4.68. The van der Waals surface area contributed by atoms with Crippen molar-refractivity contribution in [1.82, 2.24) is 20.2 Å². The molecule has 0 aliphatic rings. The SMILES string of the molecule is CCN(c1cccc(C)c1)c1ncnc2[nH]ncc12. The first-order valence-electron chi connectivity index (χ1n) is 6.28. The molecule has 96 valence electrons. The summed E-state index contributed by atoms with van der Waals surface area (Å²) in [6.07, 6.45) is 3.33. The first-order chi connectivity index (χ1) is 9.29. The van der Waals surface area contributed by atoms with Crippen LogP contribution in [0.4, 0.5) is 11.5 Å². The Morgan fingerprint density at radius 1 is 1.26 bits per heavy atom. The van der Waals surface area contributed by atoms with Gasteiger partial charge < -0.3 is 4.90 Å². The summed E-state index contributed by atoms with van der Waals surface area (Å²) < 4.78 is 0. The van der Waals surface area contributed by atoms with Gasteiger partial charge in [-0.3, -0.25) is 5.10 Å². The van der Waals surface area contributed by atoms with Crippen LogP contribution >= 0.6 is 0 Å². The van der Waals surface area contributed by atoms with E-state index < -0.39 is 0 Å². The standard InChI is InChI=1S/C14H15N5/c1-3-19(11-6-4-5-10(2)7-11)14-12-8-17-18-13(12)15-9-16-14/h4-9H,3H2,1-2H3,(H,15,16,17,18). The van der Waals surface area contributed by atoms with E-state index >= 15 is 0 Å². The molecule has 0 saturated carbocycles. The van der Waals surface area contributed by atoms with Gasteiger partial charge in [0.1, 0.15) is 12.1 Å². The Bertz CT molecular complexity index is 704. The second-order valence-corrected chi connectivity index (χ2v) is 4.41. The largest absolute Gasteiger partial charge is 0.326 e. The number of hydrogen-bond donors (Lipinski definition) is 1. The quantitative estimate of drug-likeness (QED) is 0.779. The molecule has 0 unspecified atom stereocenters. The Morgan fingerprint density at radius 3 is 2.95 bits per heavy atom. The minimum Gasteiger partial charge on any atom is -0.326 e. The van der Waals surface area contributed by atoms with Crippen LogP contribution in [0.2, 0.25) is 0 Å². The lowest BCUT2D eigenvalue weighted by atomic mass is 10.2. The minimum absolute atomic E-state index is 0.760. The highest BCUT2D eigenvalue weighted by Gasteiger charge is 2.13. The highest BCUT2D eigenvalue weighted by molar-refractivity contribution is 5.88. The molecule has 0 radical (unpaired) electrons. The van der Waals surface area contributed by atoms with Gasteiger partial charge in [-0.2, -0.15) is 5.10 Å². The molecule has 3 rings (SSSR count). The van der Waals surface area contributed by atoms with E-state index in [4.69, 9.17) is 0 Å². The van der Waals surface area contributed by atoms with E-state index in [1.165, 1.54) is 5.56 Å². The fourth-order valence-electron chi connectivity index (χ4n) is 2.22. The van der Waals surface area contributed by atoms with Crippen LogP contribution in [0.3, 0.4) is 0 Å². The maximum absolute atomic E-state index is 4.41. The summed E-state index contributed by atoms with van der Waals surface area (Å²) in [7, 11) is 0. The molecule has 2 heterocycles. The fraction of sp³-hybridized carbons (Fsp3) is 0.214. The molecule has 0 aliphatic carbocycles. The summed E-state index contributed by atoms with van der Waals surface area (Å²) in [6, 6.07) is 8.38. The Labute approximate surface area is 111 Å². The number of aromatic nitrogens is 4. The minimum atomic E-state index is 0.760. The topological polar surface area (TPSA) is 57.7 Å². The van der Waals surface area contributed by atoms with Crippen molar-refractivity contribution in [2.45, 2.75) is 13.8 Å². The van der Waals surface area contributed by atoms with Crippen molar-refractivity contribution >= 4 is 22.5 Å². The zero-order valence-corrected chi connectivity index (χ0v) is 11.0. The lowest BCUT2D eigenvalue weighted by Crippen LogP contribution is -2.17. The third-order valence-corrected chi connectivity index (χ3v) is 3.11. The first kappa shape index (κ1) is 11.6. The van der Waals surface area contributed by atoms with E-state index in [1.54, 1.807) is 12.5 Å². The molecule has 0 bridgehead atoms. The summed E-state index contributed by atoms with van der Waals surface area (Å²) in [5.74, 6) is 0.881. The summed E-state index contributed by atoms with van der Waals surface area (Å²) in [4.78, 5) is 10.7. The van der Waals surface area contributed by atoms with E-state index in [0.717, 1.165) is 29.1 Å². The molecule has 19 heavy (non-hydrogen) atoms. The van der Waals surface area contributed by atoms with E-state index in [-0.39, 0.29) is 0 Å². The van der Waals surface area contributed by atoms with Crippen molar-refractivity contribution in [3.8, 4) is 0 Å². The second-order valence-electron chi connectivity index (χ2n) is 4.41. The fourth-order valence-corrected chi connectivity index (χ4v) is 2.22. The van der Waals surface area contributed by atoms with Crippen LogP contribution in [0.15, 0.2) is 36.8 Å². The Balaban J connectivity index is 2.14. The molecule has 5 nitrogen and oxygen atoms in total. The summed E-state index contributed by atoms with van der Waals surface area (Å²) in [5, 5.41) is 7.85. The molecule has 0 saturated heterocycles. The number of H-pyrrole nitrogens is 1. The molecular weight excluding hydrogens is 238 g/mol. The van der Waals surface area contributed by atoms with Crippen molar-refractivity contribution in [3.05, 3.63) is 42.4 Å². The smallest absolute Gasteiger partial charge is 0.160 e. The molecule has 3 aromatic rings. The highest BCUT2D eigenvalue weighted by atomic mass is 15.2. The third kappa shape index (κ3) is 2.03. The average molecular weight is 253 g/mol. The number of hydrogen-bond acceptors (Lipinski definition) is 4. The van der Waals surface area contributed by atoms with Crippen molar-refractivity contribution in [2.75, 3.05) is 11.4 Å². The number of fused-ring (bicyclic) bond motifs is 1. The van der Waals surface area contributed by atoms with Gasteiger partial charge in [0.25, 0.3) is 0 Å². The van der Waals surface area contributed by atoms with Gasteiger partial charge in [-0.05, 0) is 31.5 Å². The van der Waals surface area contributed by atoms with E-state index in [1.807, 2.05) is 0 Å². The van der Waals surface area contributed by atoms with Gasteiger partial charge in [0.2, 0.25) is 0 Å². The third-order valence-electron chi connectivity index (χ3n) is 3.11. The summed E-state index contributed by atoms with van der Waals surface area (Å²) in [5.41, 5.74) is 3.12. The molecule has 5 heteroatoms. The number of benzene rings is 1. The van der Waals surface area contributed by atoms with Crippen LogP contribution in [-0.4, -0.2) is 26.7 Å². The van der Waals surface area contributed by atoms with Gasteiger partial charge in [-0.15, -0.1) is 0 Å². The predicted octanol–water partition coefficient (Wildman–Crippen LogP) is 2.82. The van der Waals surface area contributed by atoms with Gasteiger partial charge in [0.05, 0.1) is 11.6 Å². The lowest BCUT2D eigenvalue weighted by molar-refractivity contribution is 0.987. The van der Waals surface area contributed by atoms with Crippen LogP contribution in [0.25, 0.3) is 11.0 Å². The zero-order chi connectivity index (χ0) is 13.2. The predicted molar refractivity (Wildman–Crippen MR) is 75.5 cm³/mol. The molecule has 0 amide bonds.